The van der Waals surface area contributed by atoms with E-state index < -0.39 is 9.84 Å². The normalized spacial score (nSPS) is 17.5. The molecule has 3 rings (SSSR count). The van der Waals surface area contributed by atoms with Crippen LogP contribution in [0.3, 0.4) is 0 Å². The minimum atomic E-state index is -3.17. The van der Waals surface area contributed by atoms with Crippen molar-refractivity contribution in [3.63, 3.8) is 0 Å². The highest BCUT2D eigenvalue weighted by Crippen LogP contribution is 2.34. The molecule has 1 aliphatic carbocycles. The Balaban J connectivity index is 1.88. The minimum absolute atomic E-state index is 0.259. The van der Waals surface area contributed by atoms with Crippen molar-refractivity contribution in [1.29, 1.82) is 0 Å². The van der Waals surface area contributed by atoms with E-state index in [4.69, 9.17) is 0 Å². The average Bonchev–Trinajstić information content (AvgIpc) is 2.81. The predicted octanol–water partition coefficient (Wildman–Crippen LogP) is 3.50. The van der Waals surface area contributed by atoms with Crippen LogP contribution in [0.25, 0.3) is 0 Å². The largest absolute Gasteiger partial charge is 0.378 e. The van der Waals surface area contributed by atoms with Crippen molar-refractivity contribution < 1.29 is 8.42 Å². The molecule has 1 unspecified atom stereocenters. The fraction of sp³-hybridized carbons (Fsp3) is 0.294. The zero-order valence-electron chi connectivity index (χ0n) is 12.3. The Morgan fingerprint density at radius 2 is 1.95 bits per heavy atom. The summed E-state index contributed by atoms with van der Waals surface area (Å²) in [5.74, 6) is 0. The molecule has 0 spiro atoms. The van der Waals surface area contributed by atoms with Gasteiger partial charge in [-0.2, -0.15) is 0 Å². The number of rotatable bonds is 3. The number of sulfone groups is 1. The first kappa shape index (κ1) is 14.1. The van der Waals surface area contributed by atoms with Crippen molar-refractivity contribution in [1.82, 2.24) is 0 Å². The molecule has 1 aliphatic rings. The summed E-state index contributed by atoms with van der Waals surface area (Å²) in [5, 5.41) is 3.47. The van der Waals surface area contributed by atoms with Gasteiger partial charge >= 0.3 is 0 Å². The standard InChI is InChI=1S/C17H19NO2S/c1-12-6-7-13-8-9-17(16(13)10-12)18-14-4-3-5-15(11-14)21(2,19)20/h3-7,10-11,17-18H,8-9H2,1-2H3. The molecule has 2 aromatic rings. The first-order valence-electron chi connectivity index (χ1n) is 7.09. The second-order valence-electron chi connectivity index (χ2n) is 5.74. The van der Waals surface area contributed by atoms with Gasteiger partial charge in [0.15, 0.2) is 9.84 Å². The lowest BCUT2D eigenvalue weighted by molar-refractivity contribution is 0.602. The Morgan fingerprint density at radius 3 is 2.71 bits per heavy atom. The molecule has 21 heavy (non-hydrogen) atoms. The average molecular weight is 301 g/mol. The van der Waals surface area contributed by atoms with Gasteiger partial charge in [-0.05, 0) is 49.1 Å². The Labute approximate surface area is 125 Å². The lowest BCUT2D eigenvalue weighted by atomic mass is 10.0. The molecular weight excluding hydrogens is 282 g/mol. The van der Waals surface area contributed by atoms with Crippen molar-refractivity contribution >= 4 is 15.5 Å². The SMILES string of the molecule is Cc1ccc2c(c1)C(Nc1cccc(S(C)(=O)=O)c1)CC2. The highest BCUT2D eigenvalue weighted by molar-refractivity contribution is 7.90. The van der Waals surface area contributed by atoms with E-state index in [0.717, 1.165) is 18.5 Å². The molecule has 0 saturated carbocycles. The summed E-state index contributed by atoms with van der Waals surface area (Å²) in [6, 6.07) is 13.9. The maximum atomic E-state index is 11.6. The Hall–Kier alpha value is -1.81. The summed E-state index contributed by atoms with van der Waals surface area (Å²) in [6.07, 6.45) is 3.35. The maximum absolute atomic E-state index is 11.6. The van der Waals surface area contributed by atoms with Crippen LogP contribution in [0.15, 0.2) is 47.4 Å². The summed E-state index contributed by atoms with van der Waals surface area (Å²) in [7, 11) is -3.17. The molecule has 0 amide bonds. The Kier molecular flexibility index (Phi) is 3.49. The summed E-state index contributed by atoms with van der Waals surface area (Å²) in [5.41, 5.74) is 4.83. The van der Waals surface area contributed by atoms with Gasteiger partial charge in [-0.3, -0.25) is 0 Å². The van der Waals surface area contributed by atoms with E-state index in [1.54, 1.807) is 18.2 Å². The topological polar surface area (TPSA) is 46.2 Å². The Morgan fingerprint density at radius 1 is 1.14 bits per heavy atom. The number of hydrogen-bond donors (Lipinski definition) is 1. The van der Waals surface area contributed by atoms with Crippen LogP contribution >= 0.6 is 0 Å². The van der Waals surface area contributed by atoms with Crippen molar-refractivity contribution in [3.8, 4) is 0 Å². The number of fused-ring (bicyclic) bond motifs is 1. The molecule has 0 aromatic heterocycles. The maximum Gasteiger partial charge on any atom is 0.175 e. The van der Waals surface area contributed by atoms with E-state index in [9.17, 15) is 8.42 Å². The van der Waals surface area contributed by atoms with E-state index in [1.165, 1.54) is 22.9 Å². The third-order valence-electron chi connectivity index (χ3n) is 3.98. The van der Waals surface area contributed by atoms with Crippen LogP contribution < -0.4 is 5.32 Å². The summed E-state index contributed by atoms with van der Waals surface area (Å²) < 4.78 is 23.3. The fourth-order valence-corrected chi connectivity index (χ4v) is 3.56. The molecule has 1 atom stereocenters. The second-order valence-corrected chi connectivity index (χ2v) is 7.75. The van der Waals surface area contributed by atoms with Crippen LogP contribution in [0, 0.1) is 6.92 Å². The number of nitrogens with one attached hydrogen (secondary N) is 1. The van der Waals surface area contributed by atoms with Gasteiger partial charge in [0.2, 0.25) is 0 Å². The van der Waals surface area contributed by atoms with Crippen LogP contribution in [-0.4, -0.2) is 14.7 Å². The highest BCUT2D eigenvalue weighted by atomic mass is 32.2. The molecule has 0 aliphatic heterocycles. The Bertz CT molecular complexity index is 781. The lowest BCUT2D eigenvalue weighted by Gasteiger charge is -2.16. The smallest absolute Gasteiger partial charge is 0.175 e. The van der Waals surface area contributed by atoms with Crippen LogP contribution in [0.5, 0.6) is 0 Å². The van der Waals surface area contributed by atoms with E-state index in [-0.39, 0.29) is 6.04 Å². The monoisotopic (exact) mass is 301 g/mol. The molecule has 0 fully saturated rings. The van der Waals surface area contributed by atoms with Crippen LogP contribution in [-0.2, 0) is 16.3 Å². The quantitative estimate of drug-likeness (QED) is 0.944. The van der Waals surface area contributed by atoms with Gasteiger partial charge in [-0.25, -0.2) is 8.42 Å². The summed E-state index contributed by atoms with van der Waals surface area (Å²) in [4.78, 5) is 0.356. The van der Waals surface area contributed by atoms with Gasteiger partial charge in [0.05, 0.1) is 10.9 Å². The summed E-state index contributed by atoms with van der Waals surface area (Å²) >= 11 is 0. The molecule has 0 radical (unpaired) electrons. The van der Waals surface area contributed by atoms with Crippen LogP contribution in [0.1, 0.15) is 29.2 Å². The molecule has 1 N–H and O–H groups in total. The van der Waals surface area contributed by atoms with Gasteiger partial charge < -0.3 is 5.32 Å². The zero-order valence-corrected chi connectivity index (χ0v) is 13.1. The molecule has 110 valence electrons. The molecule has 3 nitrogen and oxygen atoms in total. The van der Waals surface area contributed by atoms with E-state index in [1.807, 2.05) is 6.07 Å². The minimum Gasteiger partial charge on any atom is -0.378 e. The van der Waals surface area contributed by atoms with Crippen molar-refractivity contribution in [2.24, 2.45) is 0 Å². The molecule has 0 heterocycles. The first-order chi connectivity index (χ1) is 9.93. The van der Waals surface area contributed by atoms with Crippen molar-refractivity contribution in [3.05, 3.63) is 59.2 Å². The van der Waals surface area contributed by atoms with Gasteiger partial charge in [-0.15, -0.1) is 0 Å². The van der Waals surface area contributed by atoms with Crippen molar-refractivity contribution in [2.45, 2.75) is 30.7 Å². The second kappa shape index (κ2) is 5.19. The molecule has 4 heteroatoms. The van der Waals surface area contributed by atoms with Crippen molar-refractivity contribution in [2.75, 3.05) is 11.6 Å². The number of aryl methyl sites for hydroxylation is 2. The van der Waals surface area contributed by atoms with Gasteiger partial charge in [-0.1, -0.05) is 29.8 Å². The van der Waals surface area contributed by atoms with E-state index in [2.05, 4.69) is 30.4 Å². The van der Waals surface area contributed by atoms with Gasteiger partial charge in [0, 0.05) is 11.9 Å². The number of benzene rings is 2. The first-order valence-corrected chi connectivity index (χ1v) is 8.99. The molecule has 0 bridgehead atoms. The zero-order chi connectivity index (χ0) is 15.0. The summed E-state index contributed by atoms with van der Waals surface area (Å²) in [6.45, 7) is 2.10. The number of hydrogen-bond acceptors (Lipinski definition) is 3. The highest BCUT2D eigenvalue weighted by Gasteiger charge is 2.22. The van der Waals surface area contributed by atoms with E-state index >= 15 is 0 Å². The van der Waals surface area contributed by atoms with Crippen LogP contribution in [0.2, 0.25) is 0 Å². The van der Waals surface area contributed by atoms with Gasteiger partial charge in [0.25, 0.3) is 0 Å². The predicted molar refractivity (Wildman–Crippen MR) is 85.4 cm³/mol. The third-order valence-corrected chi connectivity index (χ3v) is 5.09. The van der Waals surface area contributed by atoms with Gasteiger partial charge in [0.1, 0.15) is 0 Å². The molecule has 0 saturated heterocycles. The number of anilines is 1. The molecule has 2 aromatic carbocycles. The van der Waals surface area contributed by atoms with E-state index in [0.29, 0.717) is 4.90 Å². The lowest BCUT2D eigenvalue weighted by Crippen LogP contribution is -2.08. The third kappa shape index (κ3) is 2.95. The fourth-order valence-electron chi connectivity index (χ4n) is 2.89. The molecular formula is C17H19NO2S. The van der Waals surface area contributed by atoms with Crippen LogP contribution in [0.4, 0.5) is 5.69 Å².